The number of hydrogen-bond donors (Lipinski definition) is 0. The van der Waals surface area contributed by atoms with Gasteiger partial charge in [-0.1, -0.05) is 30.3 Å². The molecule has 0 aliphatic heterocycles. The van der Waals surface area contributed by atoms with Crippen LogP contribution < -0.4 is 14.3 Å². The molecule has 7 heteroatoms. The fourth-order valence-corrected chi connectivity index (χ4v) is 3.97. The van der Waals surface area contributed by atoms with E-state index >= 15 is 0 Å². The lowest BCUT2D eigenvalue weighted by atomic mass is 10.1. The van der Waals surface area contributed by atoms with E-state index in [1.54, 1.807) is 26.7 Å². The average Bonchev–Trinajstić information content (AvgIpc) is 3.48. The van der Waals surface area contributed by atoms with E-state index in [-0.39, 0.29) is 0 Å². The summed E-state index contributed by atoms with van der Waals surface area (Å²) in [5, 5.41) is 6.69. The molecular formula is C24H23N3O3S. The zero-order valence-corrected chi connectivity index (χ0v) is 18.2. The van der Waals surface area contributed by atoms with Gasteiger partial charge in [0.2, 0.25) is 4.80 Å². The van der Waals surface area contributed by atoms with E-state index < -0.39 is 0 Å². The molecule has 31 heavy (non-hydrogen) atoms. The van der Waals surface area contributed by atoms with E-state index in [4.69, 9.17) is 18.9 Å². The molecule has 0 atom stereocenters. The van der Waals surface area contributed by atoms with Gasteiger partial charge < -0.3 is 13.9 Å². The summed E-state index contributed by atoms with van der Waals surface area (Å²) in [5.41, 5.74) is 3.04. The third-order valence-corrected chi connectivity index (χ3v) is 5.56. The van der Waals surface area contributed by atoms with Crippen LogP contribution in [-0.2, 0) is 6.42 Å². The predicted octanol–water partition coefficient (Wildman–Crippen LogP) is 4.85. The molecule has 0 fully saturated rings. The molecule has 0 bridgehead atoms. The summed E-state index contributed by atoms with van der Waals surface area (Å²) in [5.74, 6) is 2.10. The normalized spacial score (nSPS) is 11.9. The number of furan rings is 1. The highest BCUT2D eigenvalue weighted by Crippen LogP contribution is 2.33. The molecule has 0 aliphatic rings. The summed E-state index contributed by atoms with van der Waals surface area (Å²) in [6.45, 7) is 0.667. The maximum atomic E-state index is 5.61. The Morgan fingerprint density at radius 2 is 1.90 bits per heavy atom. The molecule has 0 saturated carbocycles. The largest absolute Gasteiger partial charge is 0.497 e. The van der Waals surface area contributed by atoms with Gasteiger partial charge in [0.25, 0.3) is 0 Å². The van der Waals surface area contributed by atoms with Gasteiger partial charge in [-0.15, -0.1) is 11.3 Å². The quantitative estimate of drug-likeness (QED) is 0.373. The van der Waals surface area contributed by atoms with Crippen LogP contribution in [0.25, 0.3) is 11.3 Å². The van der Waals surface area contributed by atoms with Crippen LogP contribution in [0.15, 0.2) is 86.8 Å². The molecule has 4 aromatic rings. The summed E-state index contributed by atoms with van der Waals surface area (Å²) in [7, 11) is 3.28. The maximum Gasteiger partial charge on any atom is 0.206 e. The van der Waals surface area contributed by atoms with Crippen LogP contribution in [0.3, 0.4) is 0 Å². The Balaban J connectivity index is 1.72. The van der Waals surface area contributed by atoms with E-state index in [0.29, 0.717) is 18.1 Å². The number of benzene rings is 2. The molecule has 4 rings (SSSR count). The average molecular weight is 434 g/mol. The zero-order valence-electron chi connectivity index (χ0n) is 17.4. The Morgan fingerprint density at radius 1 is 1.03 bits per heavy atom. The number of nitrogens with zero attached hydrogens (tertiary/aromatic N) is 3. The van der Waals surface area contributed by atoms with E-state index in [2.05, 4.69) is 17.2 Å². The molecule has 0 spiro atoms. The van der Waals surface area contributed by atoms with Crippen LogP contribution in [0.4, 0.5) is 0 Å². The molecule has 0 N–H and O–H groups in total. The number of ether oxygens (including phenoxy) is 2. The Hall–Kier alpha value is -3.58. The minimum atomic E-state index is 0.667. The smallest absolute Gasteiger partial charge is 0.206 e. The molecule has 2 aromatic heterocycles. The third kappa shape index (κ3) is 4.95. The molecule has 6 nitrogen and oxygen atoms in total. The highest BCUT2D eigenvalue weighted by Gasteiger charge is 2.13. The van der Waals surface area contributed by atoms with Gasteiger partial charge >= 0.3 is 0 Å². The van der Waals surface area contributed by atoms with Crippen LogP contribution in [0.2, 0.25) is 0 Å². The lowest BCUT2D eigenvalue weighted by Gasteiger charge is -2.10. The van der Waals surface area contributed by atoms with E-state index in [0.717, 1.165) is 28.2 Å². The Labute approximate surface area is 184 Å². The summed E-state index contributed by atoms with van der Waals surface area (Å²) >= 11 is 1.54. The highest BCUT2D eigenvalue weighted by atomic mass is 32.1. The van der Waals surface area contributed by atoms with Crippen LogP contribution in [0, 0.1) is 0 Å². The second-order valence-corrected chi connectivity index (χ2v) is 7.50. The fraction of sp³-hybridized carbons (Fsp3) is 0.167. The molecule has 0 saturated heterocycles. The lowest BCUT2D eigenvalue weighted by Crippen LogP contribution is -2.13. The Bertz CT molecular complexity index is 1210. The summed E-state index contributed by atoms with van der Waals surface area (Å²) in [4.78, 5) is 5.61. The minimum Gasteiger partial charge on any atom is -0.497 e. The van der Waals surface area contributed by atoms with Crippen molar-refractivity contribution < 1.29 is 13.9 Å². The molecule has 0 aliphatic carbocycles. The molecule has 0 unspecified atom stereocenters. The number of aromatic nitrogens is 1. The number of hydrogen-bond acceptors (Lipinski definition) is 6. The second kappa shape index (κ2) is 9.95. The summed E-state index contributed by atoms with van der Waals surface area (Å²) < 4.78 is 18.2. The van der Waals surface area contributed by atoms with Gasteiger partial charge in [0.15, 0.2) is 0 Å². The molecule has 2 heterocycles. The van der Waals surface area contributed by atoms with Crippen molar-refractivity contribution in [3.8, 4) is 22.8 Å². The Morgan fingerprint density at radius 3 is 2.65 bits per heavy atom. The van der Waals surface area contributed by atoms with Crippen LogP contribution in [0.5, 0.6) is 11.5 Å². The second-order valence-electron chi connectivity index (χ2n) is 6.66. The van der Waals surface area contributed by atoms with Crippen molar-refractivity contribution in [2.45, 2.75) is 6.42 Å². The zero-order chi connectivity index (χ0) is 21.5. The van der Waals surface area contributed by atoms with Gasteiger partial charge in [-0.3, -0.25) is 4.99 Å². The first-order valence-electron chi connectivity index (χ1n) is 9.83. The van der Waals surface area contributed by atoms with Gasteiger partial charge in [0.1, 0.15) is 17.3 Å². The number of thiazole rings is 1. The molecule has 0 amide bonds. The molecular weight excluding hydrogens is 410 g/mol. The van der Waals surface area contributed by atoms with Gasteiger partial charge in [-0.05, 0) is 36.2 Å². The van der Waals surface area contributed by atoms with Gasteiger partial charge in [0.05, 0.1) is 32.4 Å². The predicted molar refractivity (Wildman–Crippen MR) is 123 cm³/mol. The molecule has 0 radical (unpaired) electrons. The molecule has 158 valence electrons. The molecule has 2 aromatic carbocycles. The fourth-order valence-electron chi connectivity index (χ4n) is 3.12. The van der Waals surface area contributed by atoms with E-state index in [1.807, 2.05) is 58.6 Å². The van der Waals surface area contributed by atoms with Gasteiger partial charge in [-0.2, -0.15) is 5.10 Å². The number of methoxy groups -OCH3 is 2. The van der Waals surface area contributed by atoms with Gasteiger partial charge in [-0.25, -0.2) is 4.68 Å². The van der Waals surface area contributed by atoms with Crippen molar-refractivity contribution in [1.29, 1.82) is 0 Å². The SMILES string of the molecule is COc1ccc(-c2csc(=NCCc3ccccc3)n2N=Cc2ccco2)c(OC)c1. The summed E-state index contributed by atoms with van der Waals surface area (Å²) in [6.07, 6.45) is 4.17. The Kier molecular flexibility index (Phi) is 6.64. The van der Waals surface area contributed by atoms with Crippen molar-refractivity contribution in [1.82, 2.24) is 4.68 Å². The standard InChI is InChI=1S/C24H23N3O3S/c1-28-19-10-11-21(23(15-19)29-2)22-17-31-24(25-13-12-18-7-4-3-5-8-18)27(22)26-16-20-9-6-14-30-20/h3-11,14-17H,12-13H2,1-2H3. The van der Waals surface area contributed by atoms with Crippen molar-refractivity contribution in [2.75, 3.05) is 20.8 Å². The van der Waals surface area contributed by atoms with Crippen molar-refractivity contribution in [2.24, 2.45) is 10.1 Å². The number of rotatable bonds is 8. The van der Waals surface area contributed by atoms with Crippen molar-refractivity contribution in [3.63, 3.8) is 0 Å². The maximum absolute atomic E-state index is 5.61. The summed E-state index contributed by atoms with van der Waals surface area (Å²) in [6, 6.07) is 19.8. The van der Waals surface area contributed by atoms with Crippen molar-refractivity contribution >= 4 is 17.6 Å². The third-order valence-electron chi connectivity index (χ3n) is 4.70. The first-order chi connectivity index (χ1) is 15.3. The van der Waals surface area contributed by atoms with Crippen molar-refractivity contribution in [3.05, 3.63) is 88.4 Å². The highest BCUT2D eigenvalue weighted by molar-refractivity contribution is 7.07. The monoisotopic (exact) mass is 433 g/mol. The first kappa shape index (κ1) is 20.7. The lowest BCUT2D eigenvalue weighted by molar-refractivity contribution is 0.395. The van der Waals surface area contributed by atoms with E-state index in [1.165, 1.54) is 16.9 Å². The minimum absolute atomic E-state index is 0.667. The first-order valence-corrected chi connectivity index (χ1v) is 10.7. The van der Waals surface area contributed by atoms with Crippen LogP contribution in [0.1, 0.15) is 11.3 Å². The van der Waals surface area contributed by atoms with Gasteiger partial charge in [0, 0.05) is 23.6 Å². The van der Waals surface area contributed by atoms with Crippen LogP contribution >= 0.6 is 11.3 Å². The van der Waals surface area contributed by atoms with Crippen LogP contribution in [-0.4, -0.2) is 31.7 Å². The topological polar surface area (TPSA) is 61.2 Å². The van der Waals surface area contributed by atoms with E-state index in [9.17, 15) is 0 Å².